The minimum absolute atomic E-state index is 0.224. The number of hydrogen-bond donors (Lipinski definition) is 0. The first-order valence-electron chi connectivity index (χ1n) is 8.07. The second-order valence-electron chi connectivity index (χ2n) is 5.54. The van der Waals surface area contributed by atoms with Gasteiger partial charge in [-0.05, 0) is 6.42 Å². The molecular formula is C16H24O10. The highest BCUT2D eigenvalue weighted by molar-refractivity contribution is 5.77. The van der Waals surface area contributed by atoms with Crippen molar-refractivity contribution in [3.8, 4) is 0 Å². The van der Waals surface area contributed by atoms with Crippen LogP contribution in [0.25, 0.3) is 0 Å². The number of rotatable bonds is 7. The highest BCUT2D eigenvalue weighted by Crippen LogP contribution is 2.30. The summed E-state index contributed by atoms with van der Waals surface area (Å²) in [5.41, 5.74) is 0. The Morgan fingerprint density at radius 1 is 0.846 bits per heavy atom. The van der Waals surface area contributed by atoms with Crippen molar-refractivity contribution >= 4 is 23.9 Å². The third kappa shape index (κ3) is 5.95. The van der Waals surface area contributed by atoms with Crippen LogP contribution in [0.1, 0.15) is 34.1 Å². The zero-order valence-corrected chi connectivity index (χ0v) is 15.4. The maximum absolute atomic E-state index is 12.1. The summed E-state index contributed by atoms with van der Waals surface area (Å²) in [5.74, 6) is -3.04. The first kappa shape index (κ1) is 21.8. The fraction of sp³-hybridized carbons (Fsp3) is 0.750. The highest BCUT2D eigenvalue weighted by atomic mass is 16.7. The minimum Gasteiger partial charge on any atom is -0.467 e. The van der Waals surface area contributed by atoms with Gasteiger partial charge in [-0.3, -0.25) is 14.4 Å². The van der Waals surface area contributed by atoms with Crippen molar-refractivity contribution in [2.24, 2.45) is 0 Å². The number of carbonyl (C=O) groups excluding carboxylic acids is 4. The van der Waals surface area contributed by atoms with Crippen molar-refractivity contribution in [1.82, 2.24) is 0 Å². The summed E-state index contributed by atoms with van der Waals surface area (Å²) in [4.78, 5) is 46.6. The number of ether oxygens (including phenoxy) is 6. The van der Waals surface area contributed by atoms with Crippen LogP contribution in [0.3, 0.4) is 0 Å². The summed E-state index contributed by atoms with van der Waals surface area (Å²) in [6, 6.07) is 0. The van der Waals surface area contributed by atoms with E-state index in [2.05, 4.69) is 4.74 Å². The maximum Gasteiger partial charge on any atom is 0.339 e. The molecule has 1 fully saturated rings. The molecule has 0 N–H and O–H groups in total. The van der Waals surface area contributed by atoms with Crippen LogP contribution >= 0.6 is 0 Å². The van der Waals surface area contributed by atoms with Crippen molar-refractivity contribution in [2.45, 2.75) is 64.8 Å². The van der Waals surface area contributed by atoms with E-state index in [0.717, 1.165) is 27.9 Å². The third-order valence-corrected chi connectivity index (χ3v) is 3.32. The van der Waals surface area contributed by atoms with Crippen LogP contribution in [0.4, 0.5) is 0 Å². The molecule has 1 saturated heterocycles. The molecule has 0 bridgehead atoms. The van der Waals surface area contributed by atoms with E-state index < -0.39 is 54.6 Å². The van der Waals surface area contributed by atoms with Gasteiger partial charge in [0.2, 0.25) is 0 Å². The van der Waals surface area contributed by atoms with Crippen molar-refractivity contribution in [3.05, 3.63) is 0 Å². The number of hydrogen-bond acceptors (Lipinski definition) is 10. The molecule has 1 heterocycles. The molecule has 5 atom stereocenters. The van der Waals surface area contributed by atoms with Gasteiger partial charge in [0.1, 0.15) is 0 Å². The van der Waals surface area contributed by atoms with E-state index in [1.807, 2.05) is 6.92 Å². The van der Waals surface area contributed by atoms with Gasteiger partial charge in [0, 0.05) is 27.4 Å². The third-order valence-electron chi connectivity index (χ3n) is 3.32. The zero-order valence-electron chi connectivity index (χ0n) is 15.4. The molecule has 10 heteroatoms. The summed E-state index contributed by atoms with van der Waals surface area (Å²) >= 11 is 0. The molecule has 0 aromatic carbocycles. The zero-order chi connectivity index (χ0) is 19.9. The summed E-state index contributed by atoms with van der Waals surface area (Å²) < 4.78 is 31.2. The average molecular weight is 376 g/mol. The summed E-state index contributed by atoms with van der Waals surface area (Å²) in [5, 5.41) is 0. The number of esters is 4. The normalized spacial score (nSPS) is 28.0. The molecule has 0 radical (unpaired) electrons. The van der Waals surface area contributed by atoms with Crippen molar-refractivity contribution in [3.63, 3.8) is 0 Å². The highest BCUT2D eigenvalue weighted by Gasteiger charge is 2.55. The van der Waals surface area contributed by atoms with Crippen LogP contribution in [-0.4, -0.2) is 68.3 Å². The van der Waals surface area contributed by atoms with E-state index in [-0.39, 0.29) is 6.61 Å². The van der Waals surface area contributed by atoms with E-state index >= 15 is 0 Å². The van der Waals surface area contributed by atoms with Crippen molar-refractivity contribution in [1.29, 1.82) is 0 Å². The van der Waals surface area contributed by atoms with Crippen LogP contribution in [0.5, 0.6) is 0 Å². The Morgan fingerprint density at radius 3 is 1.81 bits per heavy atom. The standard InChI is InChI=1S/C16H24O10/c1-6-7-22-16-14(25-10(4)19)12(24-9(3)18)11(23-8(2)17)13(26-16)15(20)21-5/h11-14,16H,6-7H2,1-5H3. The lowest BCUT2D eigenvalue weighted by Gasteiger charge is -2.43. The molecule has 0 saturated carbocycles. The Balaban J connectivity index is 3.30. The monoisotopic (exact) mass is 376 g/mol. The molecular weight excluding hydrogens is 352 g/mol. The Labute approximate surface area is 151 Å². The molecule has 1 aliphatic rings. The first-order chi connectivity index (χ1) is 12.2. The van der Waals surface area contributed by atoms with Gasteiger partial charge in [0.05, 0.1) is 7.11 Å². The molecule has 26 heavy (non-hydrogen) atoms. The molecule has 0 aromatic rings. The average Bonchev–Trinajstić information content (AvgIpc) is 2.55. The molecule has 0 aromatic heterocycles. The Hall–Kier alpha value is -2.20. The van der Waals surface area contributed by atoms with Gasteiger partial charge in [-0.1, -0.05) is 6.92 Å². The molecule has 10 nitrogen and oxygen atoms in total. The van der Waals surface area contributed by atoms with E-state index in [1.165, 1.54) is 0 Å². The fourth-order valence-corrected chi connectivity index (χ4v) is 2.45. The second kappa shape index (κ2) is 10.1. The van der Waals surface area contributed by atoms with Crippen LogP contribution in [-0.2, 0) is 47.6 Å². The van der Waals surface area contributed by atoms with Crippen LogP contribution in [0.15, 0.2) is 0 Å². The number of methoxy groups -OCH3 is 1. The smallest absolute Gasteiger partial charge is 0.339 e. The van der Waals surface area contributed by atoms with Gasteiger partial charge in [-0.2, -0.15) is 0 Å². The molecule has 0 amide bonds. The number of carbonyl (C=O) groups is 4. The summed E-state index contributed by atoms with van der Waals surface area (Å²) in [6.45, 7) is 5.45. The largest absolute Gasteiger partial charge is 0.467 e. The predicted molar refractivity (Wildman–Crippen MR) is 83.6 cm³/mol. The minimum atomic E-state index is -1.43. The van der Waals surface area contributed by atoms with Gasteiger partial charge in [0.25, 0.3) is 0 Å². The van der Waals surface area contributed by atoms with Crippen molar-refractivity contribution < 1.29 is 47.6 Å². The second-order valence-corrected chi connectivity index (χ2v) is 5.54. The maximum atomic E-state index is 12.1. The van der Waals surface area contributed by atoms with Gasteiger partial charge in [0.15, 0.2) is 30.7 Å². The lowest BCUT2D eigenvalue weighted by atomic mass is 9.97. The predicted octanol–water partition coefficient (Wildman–Crippen LogP) is 0.106. The van der Waals surface area contributed by atoms with Gasteiger partial charge in [-0.15, -0.1) is 0 Å². The van der Waals surface area contributed by atoms with Crippen LogP contribution in [0.2, 0.25) is 0 Å². The van der Waals surface area contributed by atoms with Gasteiger partial charge >= 0.3 is 23.9 Å². The van der Waals surface area contributed by atoms with Gasteiger partial charge in [-0.25, -0.2) is 4.79 Å². The molecule has 0 spiro atoms. The summed E-state index contributed by atoms with van der Waals surface area (Å²) in [6.07, 6.45) is -5.98. The topological polar surface area (TPSA) is 124 Å². The first-order valence-corrected chi connectivity index (χ1v) is 8.07. The molecule has 0 aliphatic carbocycles. The Kier molecular flexibility index (Phi) is 8.46. The van der Waals surface area contributed by atoms with Crippen LogP contribution < -0.4 is 0 Å². The molecule has 5 unspecified atom stereocenters. The quantitative estimate of drug-likeness (QED) is 0.446. The van der Waals surface area contributed by atoms with E-state index in [1.54, 1.807) is 0 Å². The summed E-state index contributed by atoms with van der Waals surface area (Å²) in [7, 11) is 1.12. The van der Waals surface area contributed by atoms with Crippen LogP contribution in [0, 0.1) is 0 Å². The Bertz CT molecular complexity index is 531. The Morgan fingerprint density at radius 2 is 1.35 bits per heavy atom. The van der Waals surface area contributed by atoms with E-state index in [0.29, 0.717) is 6.42 Å². The lowest BCUT2D eigenvalue weighted by molar-refractivity contribution is -0.301. The fourth-order valence-electron chi connectivity index (χ4n) is 2.45. The van der Waals surface area contributed by atoms with E-state index in [4.69, 9.17) is 23.7 Å². The van der Waals surface area contributed by atoms with Gasteiger partial charge < -0.3 is 28.4 Å². The molecule has 148 valence electrons. The van der Waals surface area contributed by atoms with Crippen molar-refractivity contribution in [2.75, 3.05) is 13.7 Å². The SMILES string of the molecule is CCCOC1OC(C(=O)OC)C(OC(C)=O)C(OC(C)=O)C1OC(C)=O. The van der Waals surface area contributed by atoms with E-state index in [9.17, 15) is 19.2 Å². The molecule has 1 rings (SSSR count). The lowest BCUT2D eigenvalue weighted by Crippen LogP contribution is -2.63. The molecule has 1 aliphatic heterocycles.